The number of benzene rings is 1. The predicted octanol–water partition coefficient (Wildman–Crippen LogP) is 2.17. The number of fused-ring (bicyclic) bond motifs is 1. The normalized spacial score (nSPS) is 10.4. The van der Waals surface area contributed by atoms with Crippen LogP contribution in [0.4, 0.5) is 4.39 Å². The summed E-state index contributed by atoms with van der Waals surface area (Å²) in [6, 6.07) is 2.88. The molecule has 0 atom stereocenters. The Morgan fingerprint density at radius 3 is 2.50 bits per heavy atom. The molecule has 0 saturated heterocycles. The fourth-order valence-electron chi connectivity index (χ4n) is 1.23. The van der Waals surface area contributed by atoms with E-state index >= 15 is 0 Å². The van der Waals surface area contributed by atoms with Crippen LogP contribution in [0, 0.1) is 5.82 Å². The highest BCUT2D eigenvalue weighted by molar-refractivity contribution is 5.75. The maximum Gasteiger partial charge on any atom is 0.167 e. The van der Waals surface area contributed by atoms with Crippen molar-refractivity contribution < 1.29 is 9.13 Å². The molecule has 0 radical (unpaired) electrons. The van der Waals surface area contributed by atoms with Crippen molar-refractivity contribution in [1.82, 2.24) is 9.97 Å². The minimum atomic E-state index is -0.403. The summed E-state index contributed by atoms with van der Waals surface area (Å²) >= 11 is 0. The number of rotatable bonds is 2. The molecule has 1 aromatic heterocycles. The molecule has 0 unspecified atom stereocenters. The van der Waals surface area contributed by atoms with Gasteiger partial charge < -0.3 is 4.74 Å². The van der Waals surface area contributed by atoms with Gasteiger partial charge in [0.2, 0.25) is 0 Å². The number of hydrogen-bond acceptors (Lipinski definition) is 3. The molecule has 2 rings (SSSR count). The average Bonchev–Trinajstić information content (AvgIpc) is 2.19. The van der Waals surface area contributed by atoms with Crippen LogP contribution in [0.25, 0.3) is 11.0 Å². The van der Waals surface area contributed by atoms with Crippen LogP contribution in [0.2, 0.25) is 0 Å². The Balaban J connectivity index is 2.59. The van der Waals surface area contributed by atoms with E-state index in [9.17, 15) is 4.39 Å². The summed E-state index contributed by atoms with van der Waals surface area (Å²) < 4.78 is 18.4. The summed E-state index contributed by atoms with van der Waals surface area (Å²) in [5.74, 6) is -0.180. The predicted molar refractivity (Wildman–Crippen MR) is 50.7 cm³/mol. The maximum absolute atomic E-state index is 13.3. The highest BCUT2D eigenvalue weighted by atomic mass is 19.1. The van der Waals surface area contributed by atoms with Crippen LogP contribution < -0.4 is 4.74 Å². The molecule has 0 spiro atoms. The van der Waals surface area contributed by atoms with Gasteiger partial charge in [-0.1, -0.05) is 0 Å². The van der Waals surface area contributed by atoms with Gasteiger partial charge in [-0.25, -0.2) is 4.39 Å². The zero-order valence-electron chi connectivity index (χ0n) is 7.70. The van der Waals surface area contributed by atoms with E-state index in [4.69, 9.17) is 4.74 Å². The van der Waals surface area contributed by atoms with Crippen LogP contribution in [0.5, 0.6) is 5.75 Å². The van der Waals surface area contributed by atoms with Crippen LogP contribution in [0.1, 0.15) is 6.92 Å². The van der Waals surface area contributed by atoms with Crippen molar-refractivity contribution in [1.29, 1.82) is 0 Å². The van der Waals surface area contributed by atoms with Gasteiger partial charge in [0.15, 0.2) is 11.6 Å². The second kappa shape index (κ2) is 3.57. The van der Waals surface area contributed by atoms with Crippen molar-refractivity contribution in [2.75, 3.05) is 6.61 Å². The molecular weight excluding hydrogens is 183 g/mol. The van der Waals surface area contributed by atoms with E-state index < -0.39 is 5.82 Å². The third-order valence-corrected chi connectivity index (χ3v) is 1.82. The van der Waals surface area contributed by atoms with E-state index in [-0.39, 0.29) is 5.75 Å². The quantitative estimate of drug-likeness (QED) is 0.731. The summed E-state index contributed by atoms with van der Waals surface area (Å²) in [7, 11) is 0. The van der Waals surface area contributed by atoms with E-state index in [0.717, 1.165) is 0 Å². The smallest absolute Gasteiger partial charge is 0.167 e. The average molecular weight is 192 g/mol. The number of nitrogens with zero attached hydrogens (tertiary/aromatic N) is 2. The number of aromatic nitrogens is 2. The molecule has 1 heterocycles. The first-order valence-electron chi connectivity index (χ1n) is 4.34. The third-order valence-electron chi connectivity index (χ3n) is 1.82. The molecular formula is C10H9FN2O. The lowest BCUT2D eigenvalue weighted by molar-refractivity contribution is 0.322. The lowest BCUT2D eigenvalue weighted by atomic mass is 10.2. The van der Waals surface area contributed by atoms with E-state index in [2.05, 4.69) is 9.97 Å². The van der Waals surface area contributed by atoms with Gasteiger partial charge in [0.25, 0.3) is 0 Å². The van der Waals surface area contributed by atoms with Crippen LogP contribution in [-0.4, -0.2) is 16.6 Å². The lowest BCUT2D eigenvalue weighted by Gasteiger charge is -2.04. The molecule has 72 valence electrons. The summed E-state index contributed by atoms with van der Waals surface area (Å²) in [6.45, 7) is 2.24. The molecule has 0 fully saturated rings. The molecule has 0 aliphatic heterocycles. The largest absolute Gasteiger partial charge is 0.491 e. The Hall–Kier alpha value is -1.71. The Labute approximate surface area is 80.6 Å². The monoisotopic (exact) mass is 192 g/mol. The molecule has 0 saturated carbocycles. The first-order chi connectivity index (χ1) is 6.81. The Bertz CT molecular complexity index is 459. The Morgan fingerprint density at radius 1 is 1.21 bits per heavy atom. The van der Waals surface area contributed by atoms with Crippen molar-refractivity contribution in [2.45, 2.75) is 6.92 Å². The highest BCUT2D eigenvalue weighted by Crippen LogP contribution is 2.21. The second-order valence-corrected chi connectivity index (χ2v) is 2.76. The molecule has 4 heteroatoms. The van der Waals surface area contributed by atoms with E-state index in [1.807, 2.05) is 0 Å². The van der Waals surface area contributed by atoms with Crippen molar-refractivity contribution in [3.05, 3.63) is 30.3 Å². The first kappa shape index (κ1) is 8.87. The fraction of sp³-hybridized carbons (Fsp3) is 0.200. The van der Waals surface area contributed by atoms with Gasteiger partial charge >= 0.3 is 0 Å². The molecule has 0 aliphatic carbocycles. The lowest BCUT2D eigenvalue weighted by Crippen LogP contribution is -1.95. The van der Waals surface area contributed by atoms with Crippen molar-refractivity contribution in [3.63, 3.8) is 0 Å². The van der Waals surface area contributed by atoms with E-state index in [1.165, 1.54) is 12.3 Å². The highest BCUT2D eigenvalue weighted by Gasteiger charge is 2.06. The maximum atomic E-state index is 13.3. The number of halogens is 1. The Kier molecular flexibility index (Phi) is 2.26. The zero-order chi connectivity index (χ0) is 9.97. The van der Waals surface area contributed by atoms with Gasteiger partial charge in [-0.2, -0.15) is 0 Å². The van der Waals surface area contributed by atoms with Gasteiger partial charge in [0.1, 0.15) is 0 Å². The van der Waals surface area contributed by atoms with Crippen LogP contribution in [0.3, 0.4) is 0 Å². The SMILES string of the molecule is CCOc1cc2nccnc2cc1F. The van der Waals surface area contributed by atoms with Crippen LogP contribution >= 0.6 is 0 Å². The van der Waals surface area contributed by atoms with Crippen molar-refractivity contribution >= 4 is 11.0 Å². The van der Waals surface area contributed by atoms with Gasteiger partial charge in [0, 0.05) is 24.5 Å². The van der Waals surface area contributed by atoms with Gasteiger partial charge in [-0.3, -0.25) is 9.97 Å². The van der Waals surface area contributed by atoms with Crippen molar-refractivity contribution in [2.24, 2.45) is 0 Å². The molecule has 3 nitrogen and oxygen atoms in total. The zero-order valence-corrected chi connectivity index (χ0v) is 7.70. The minimum absolute atomic E-state index is 0.223. The summed E-state index contributed by atoms with van der Waals surface area (Å²) in [4.78, 5) is 8.04. The van der Waals surface area contributed by atoms with Gasteiger partial charge in [-0.05, 0) is 6.92 Å². The molecule has 2 aromatic rings. The summed E-state index contributed by atoms with van der Waals surface area (Å²) in [5, 5.41) is 0. The standard InChI is InChI=1S/C10H9FN2O/c1-2-14-10-6-9-8(5-7(10)11)12-3-4-13-9/h3-6H,2H2,1H3. The molecule has 0 aliphatic rings. The third kappa shape index (κ3) is 1.51. The molecule has 1 aromatic carbocycles. The van der Waals surface area contributed by atoms with Gasteiger partial charge in [0.05, 0.1) is 17.6 Å². The molecule has 0 amide bonds. The van der Waals surface area contributed by atoms with Gasteiger partial charge in [-0.15, -0.1) is 0 Å². The minimum Gasteiger partial charge on any atom is -0.491 e. The Morgan fingerprint density at radius 2 is 1.86 bits per heavy atom. The van der Waals surface area contributed by atoms with Crippen molar-refractivity contribution in [3.8, 4) is 5.75 Å². The fourth-order valence-corrected chi connectivity index (χ4v) is 1.23. The first-order valence-corrected chi connectivity index (χ1v) is 4.34. The second-order valence-electron chi connectivity index (χ2n) is 2.76. The van der Waals surface area contributed by atoms with E-state index in [1.54, 1.807) is 19.2 Å². The molecule has 14 heavy (non-hydrogen) atoms. The van der Waals surface area contributed by atoms with Crippen LogP contribution in [0.15, 0.2) is 24.5 Å². The topological polar surface area (TPSA) is 35.0 Å². The van der Waals surface area contributed by atoms with E-state index in [0.29, 0.717) is 17.6 Å². The summed E-state index contributed by atoms with van der Waals surface area (Å²) in [5.41, 5.74) is 1.17. The van der Waals surface area contributed by atoms with Crippen LogP contribution in [-0.2, 0) is 0 Å². The number of hydrogen-bond donors (Lipinski definition) is 0. The molecule has 0 N–H and O–H groups in total. The number of ether oxygens (including phenoxy) is 1. The molecule has 0 bridgehead atoms. The summed E-state index contributed by atoms with van der Waals surface area (Å²) in [6.07, 6.45) is 3.10.